The Morgan fingerprint density at radius 2 is 1.64 bits per heavy atom. The molecular weight excluding hydrogens is 471 g/mol. The molecule has 0 aliphatic rings. The summed E-state index contributed by atoms with van der Waals surface area (Å²) < 4.78 is 49.0. The van der Waals surface area contributed by atoms with Crippen LogP contribution < -0.4 is 10.1 Å². The van der Waals surface area contributed by atoms with Gasteiger partial charge in [0.2, 0.25) is 0 Å². The summed E-state index contributed by atoms with van der Waals surface area (Å²) in [7, 11) is 0. The molecule has 0 saturated heterocycles. The smallest absolute Gasteiger partial charge is 0.408 e. The molecular formula is C27H24F3N3O3. The number of halogens is 3. The van der Waals surface area contributed by atoms with Crippen molar-refractivity contribution >= 4 is 28.6 Å². The van der Waals surface area contributed by atoms with E-state index in [1.165, 1.54) is 11.0 Å². The number of hydrogen-bond donors (Lipinski definition) is 1. The van der Waals surface area contributed by atoms with E-state index in [9.17, 15) is 22.8 Å². The van der Waals surface area contributed by atoms with E-state index in [0.29, 0.717) is 36.6 Å². The molecule has 1 aromatic heterocycles. The lowest BCUT2D eigenvalue weighted by Gasteiger charge is -2.20. The molecule has 0 fully saturated rings. The number of anilines is 1. The Kier molecular flexibility index (Phi) is 7.28. The first-order valence-corrected chi connectivity index (χ1v) is 11.4. The van der Waals surface area contributed by atoms with E-state index >= 15 is 0 Å². The number of carbonyl (C=O) groups is 2. The largest absolute Gasteiger partial charge is 0.415 e. The number of benzene rings is 3. The minimum atomic E-state index is -1.75. The van der Waals surface area contributed by atoms with Gasteiger partial charge >= 0.3 is 6.09 Å². The lowest BCUT2D eigenvalue weighted by Crippen LogP contribution is -2.33. The first kappa shape index (κ1) is 24.8. The zero-order valence-electron chi connectivity index (χ0n) is 19.7. The van der Waals surface area contributed by atoms with Crippen LogP contribution in [0.25, 0.3) is 10.9 Å². The number of nitrogens with one attached hydrogen (secondary N) is 1. The van der Waals surface area contributed by atoms with E-state index in [2.05, 4.69) is 5.32 Å². The van der Waals surface area contributed by atoms with Crippen molar-refractivity contribution in [2.24, 2.45) is 0 Å². The van der Waals surface area contributed by atoms with E-state index < -0.39 is 35.0 Å². The Morgan fingerprint density at radius 1 is 0.917 bits per heavy atom. The van der Waals surface area contributed by atoms with Gasteiger partial charge in [-0.2, -0.15) is 0 Å². The molecule has 0 aliphatic heterocycles. The Morgan fingerprint density at radius 3 is 2.33 bits per heavy atom. The van der Waals surface area contributed by atoms with Crippen LogP contribution in [0, 0.1) is 17.5 Å². The fourth-order valence-corrected chi connectivity index (χ4v) is 3.91. The highest BCUT2D eigenvalue weighted by Crippen LogP contribution is 2.35. The summed E-state index contributed by atoms with van der Waals surface area (Å²) in [6.45, 7) is 4.95. The van der Waals surface area contributed by atoms with Crippen LogP contribution in [-0.2, 0) is 6.54 Å². The highest BCUT2D eigenvalue weighted by atomic mass is 19.2. The lowest BCUT2D eigenvalue weighted by molar-refractivity contribution is 0.102. The number of nitrogens with zero attached hydrogens (tertiary/aromatic N) is 2. The minimum Gasteiger partial charge on any atom is -0.408 e. The van der Waals surface area contributed by atoms with Gasteiger partial charge in [-0.15, -0.1) is 0 Å². The zero-order chi connectivity index (χ0) is 25.8. The number of hydrogen-bond acceptors (Lipinski definition) is 3. The molecule has 3 aromatic carbocycles. The molecule has 4 rings (SSSR count). The lowest BCUT2D eigenvalue weighted by atomic mass is 10.1. The van der Waals surface area contributed by atoms with E-state index in [1.807, 2.05) is 41.1 Å². The van der Waals surface area contributed by atoms with E-state index in [4.69, 9.17) is 4.74 Å². The molecule has 36 heavy (non-hydrogen) atoms. The van der Waals surface area contributed by atoms with Crippen LogP contribution in [-0.4, -0.2) is 34.6 Å². The van der Waals surface area contributed by atoms with Gasteiger partial charge in [0, 0.05) is 31.2 Å². The van der Waals surface area contributed by atoms with Crippen molar-refractivity contribution in [3.8, 4) is 5.75 Å². The first-order chi connectivity index (χ1) is 17.3. The molecule has 0 radical (unpaired) electrons. The predicted molar refractivity (Wildman–Crippen MR) is 131 cm³/mol. The number of fused-ring (bicyclic) bond motifs is 1. The monoisotopic (exact) mass is 495 g/mol. The molecule has 186 valence electrons. The van der Waals surface area contributed by atoms with Crippen LogP contribution in [0.2, 0.25) is 0 Å². The summed E-state index contributed by atoms with van der Waals surface area (Å²) >= 11 is 0. The van der Waals surface area contributed by atoms with Crippen molar-refractivity contribution in [3.05, 3.63) is 95.4 Å². The van der Waals surface area contributed by atoms with Gasteiger partial charge in [-0.05, 0) is 49.7 Å². The van der Waals surface area contributed by atoms with Gasteiger partial charge in [0.15, 0.2) is 23.2 Å². The fourth-order valence-electron chi connectivity index (χ4n) is 3.91. The first-order valence-electron chi connectivity index (χ1n) is 11.4. The Balaban J connectivity index is 1.76. The predicted octanol–water partition coefficient (Wildman–Crippen LogP) is 6.20. The second kappa shape index (κ2) is 10.6. The normalized spacial score (nSPS) is 10.9. The molecule has 0 bridgehead atoms. The quantitative estimate of drug-likeness (QED) is 0.311. The number of amides is 2. The second-order valence-electron chi connectivity index (χ2n) is 8.02. The standard InChI is InChI=1S/C27H24F3N3O3/c1-3-32(4-2)27(35)36-22-13-12-21-18(14-15-33(21)16-17-8-6-5-7-9-17)25(22)31-26(34)19-10-11-20(28)24(30)23(19)29/h5-15H,3-4,16H2,1-2H3,(H,31,34). The van der Waals surface area contributed by atoms with Crippen molar-refractivity contribution in [2.75, 3.05) is 18.4 Å². The zero-order valence-corrected chi connectivity index (χ0v) is 19.7. The van der Waals surface area contributed by atoms with Crippen molar-refractivity contribution in [2.45, 2.75) is 20.4 Å². The Bertz CT molecular complexity index is 1420. The van der Waals surface area contributed by atoms with Crippen LogP contribution in [0.15, 0.2) is 66.9 Å². The van der Waals surface area contributed by atoms with Gasteiger partial charge in [-0.1, -0.05) is 30.3 Å². The topological polar surface area (TPSA) is 63.6 Å². The summed E-state index contributed by atoms with van der Waals surface area (Å²) in [5.74, 6) is -5.74. The van der Waals surface area contributed by atoms with Gasteiger partial charge in [0.1, 0.15) is 0 Å². The van der Waals surface area contributed by atoms with Gasteiger partial charge < -0.3 is 19.5 Å². The molecule has 0 atom stereocenters. The SMILES string of the molecule is CCN(CC)C(=O)Oc1ccc2c(ccn2Cc2ccccc2)c1NC(=O)c1ccc(F)c(F)c1F. The molecule has 1 N–H and O–H groups in total. The second-order valence-corrected chi connectivity index (χ2v) is 8.02. The third kappa shape index (κ3) is 4.91. The summed E-state index contributed by atoms with van der Waals surface area (Å²) in [6, 6.07) is 16.2. The summed E-state index contributed by atoms with van der Waals surface area (Å²) in [5, 5.41) is 3.06. The van der Waals surface area contributed by atoms with Gasteiger partial charge in [-0.3, -0.25) is 4.79 Å². The van der Waals surface area contributed by atoms with Crippen LogP contribution >= 0.6 is 0 Å². The molecule has 6 nitrogen and oxygen atoms in total. The fraction of sp³-hybridized carbons (Fsp3) is 0.185. The highest BCUT2D eigenvalue weighted by molar-refractivity contribution is 6.11. The summed E-state index contributed by atoms with van der Waals surface area (Å²) in [6.07, 6.45) is 1.18. The van der Waals surface area contributed by atoms with Crippen molar-refractivity contribution in [1.29, 1.82) is 0 Å². The number of ether oxygens (including phenoxy) is 1. The molecule has 9 heteroatoms. The molecule has 1 heterocycles. The van der Waals surface area contributed by atoms with Crippen LogP contribution in [0.1, 0.15) is 29.8 Å². The number of carbonyl (C=O) groups excluding carboxylic acids is 2. The van der Waals surface area contributed by atoms with Crippen molar-refractivity contribution in [1.82, 2.24) is 9.47 Å². The van der Waals surface area contributed by atoms with Crippen LogP contribution in [0.4, 0.5) is 23.7 Å². The average Bonchev–Trinajstić information content (AvgIpc) is 3.28. The van der Waals surface area contributed by atoms with Crippen LogP contribution in [0.5, 0.6) is 5.75 Å². The maximum absolute atomic E-state index is 14.3. The molecule has 0 aliphatic carbocycles. The molecule has 2 amide bonds. The maximum atomic E-state index is 14.3. The van der Waals surface area contributed by atoms with Gasteiger partial charge in [-0.25, -0.2) is 18.0 Å². The molecule has 0 unspecified atom stereocenters. The van der Waals surface area contributed by atoms with Gasteiger partial charge in [0.05, 0.1) is 16.8 Å². The summed E-state index contributed by atoms with van der Waals surface area (Å²) in [4.78, 5) is 27.0. The average molecular weight is 496 g/mol. The summed E-state index contributed by atoms with van der Waals surface area (Å²) in [5.41, 5.74) is 1.17. The van der Waals surface area contributed by atoms with Crippen molar-refractivity contribution in [3.63, 3.8) is 0 Å². The van der Waals surface area contributed by atoms with Crippen LogP contribution in [0.3, 0.4) is 0 Å². The Labute approximate surface area is 205 Å². The molecule has 0 saturated carbocycles. The molecule has 0 spiro atoms. The van der Waals surface area contributed by atoms with Gasteiger partial charge in [0.25, 0.3) is 5.91 Å². The van der Waals surface area contributed by atoms with E-state index in [1.54, 1.807) is 26.0 Å². The van der Waals surface area contributed by atoms with E-state index in [0.717, 1.165) is 11.6 Å². The number of aromatic nitrogens is 1. The third-order valence-electron chi connectivity index (χ3n) is 5.85. The molecule has 4 aromatic rings. The van der Waals surface area contributed by atoms with E-state index in [-0.39, 0.29) is 11.4 Å². The van der Waals surface area contributed by atoms with Crippen molar-refractivity contribution < 1.29 is 27.5 Å². The third-order valence-corrected chi connectivity index (χ3v) is 5.85. The maximum Gasteiger partial charge on any atom is 0.415 e. The minimum absolute atomic E-state index is 0.0354. The number of rotatable bonds is 7. The Hall–Kier alpha value is -4.27. The highest BCUT2D eigenvalue weighted by Gasteiger charge is 2.23.